The van der Waals surface area contributed by atoms with Crippen LogP contribution in [0.1, 0.15) is 18.1 Å². The number of nitrogens with zero attached hydrogens (tertiary/aromatic N) is 1. The number of hydrogen-bond donors (Lipinski definition) is 1. The van der Waals surface area contributed by atoms with Crippen LogP contribution in [0.2, 0.25) is 0 Å². The first-order chi connectivity index (χ1) is 8.84. The molecule has 0 saturated carbocycles. The van der Waals surface area contributed by atoms with E-state index in [-0.39, 0.29) is 11.5 Å². The van der Waals surface area contributed by atoms with Crippen molar-refractivity contribution in [3.63, 3.8) is 0 Å². The standard InChI is InChI=1S/C13H20N2O2S2/c1-3-19(16,17)8-7-15(2)10-11-5-4-6-12(9-11)13(14)18/h4-6,9H,3,7-8,10H2,1-2H3,(H2,14,18). The molecule has 0 atom stereocenters. The third kappa shape index (κ3) is 5.67. The second-order valence-corrected chi connectivity index (χ2v) is 7.45. The molecular weight excluding hydrogens is 280 g/mol. The smallest absolute Gasteiger partial charge is 0.151 e. The highest BCUT2D eigenvalue weighted by atomic mass is 32.2. The Morgan fingerprint density at radius 2 is 2.11 bits per heavy atom. The summed E-state index contributed by atoms with van der Waals surface area (Å²) in [7, 11) is -1.01. The average Bonchev–Trinajstić information content (AvgIpc) is 2.37. The predicted molar refractivity (Wildman–Crippen MR) is 83.0 cm³/mol. The number of benzene rings is 1. The average molecular weight is 300 g/mol. The minimum atomic E-state index is -2.91. The molecule has 0 unspecified atom stereocenters. The van der Waals surface area contributed by atoms with Gasteiger partial charge in [0.2, 0.25) is 0 Å². The quantitative estimate of drug-likeness (QED) is 0.766. The second-order valence-electron chi connectivity index (χ2n) is 4.54. The fourth-order valence-electron chi connectivity index (χ4n) is 1.65. The molecule has 0 spiro atoms. The molecule has 106 valence electrons. The molecule has 0 heterocycles. The Kier molecular flexibility index (Phi) is 5.90. The molecule has 1 rings (SSSR count). The first-order valence-electron chi connectivity index (χ1n) is 6.12. The highest BCUT2D eigenvalue weighted by Gasteiger charge is 2.09. The number of sulfone groups is 1. The van der Waals surface area contributed by atoms with Crippen LogP contribution in [0.25, 0.3) is 0 Å². The Balaban J connectivity index is 2.60. The van der Waals surface area contributed by atoms with Gasteiger partial charge in [-0.05, 0) is 18.7 Å². The summed E-state index contributed by atoms with van der Waals surface area (Å²) < 4.78 is 22.9. The van der Waals surface area contributed by atoms with Gasteiger partial charge < -0.3 is 10.6 Å². The van der Waals surface area contributed by atoms with E-state index in [1.807, 2.05) is 36.2 Å². The maximum Gasteiger partial charge on any atom is 0.151 e. The van der Waals surface area contributed by atoms with Gasteiger partial charge in [0.15, 0.2) is 9.84 Å². The van der Waals surface area contributed by atoms with Crippen LogP contribution in [0.4, 0.5) is 0 Å². The lowest BCUT2D eigenvalue weighted by Crippen LogP contribution is -2.26. The van der Waals surface area contributed by atoms with Crippen LogP contribution in [0.5, 0.6) is 0 Å². The van der Waals surface area contributed by atoms with Gasteiger partial charge in [-0.3, -0.25) is 0 Å². The van der Waals surface area contributed by atoms with E-state index in [1.54, 1.807) is 6.92 Å². The van der Waals surface area contributed by atoms with E-state index in [9.17, 15) is 8.42 Å². The van der Waals surface area contributed by atoms with Gasteiger partial charge in [-0.1, -0.05) is 37.3 Å². The maximum absolute atomic E-state index is 11.4. The number of nitrogens with two attached hydrogens (primary N) is 1. The second kappa shape index (κ2) is 6.98. The van der Waals surface area contributed by atoms with Crippen molar-refractivity contribution in [2.45, 2.75) is 13.5 Å². The summed E-state index contributed by atoms with van der Waals surface area (Å²) in [5, 5.41) is 0. The fourth-order valence-corrected chi connectivity index (χ4v) is 2.66. The zero-order valence-electron chi connectivity index (χ0n) is 11.3. The molecule has 1 aromatic rings. The third-order valence-corrected chi connectivity index (χ3v) is 4.81. The van der Waals surface area contributed by atoms with Crippen LogP contribution in [-0.4, -0.2) is 43.4 Å². The van der Waals surface area contributed by atoms with Crippen LogP contribution in [0.15, 0.2) is 24.3 Å². The van der Waals surface area contributed by atoms with Gasteiger partial charge in [-0.25, -0.2) is 8.42 Å². The summed E-state index contributed by atoms with van der Waals surface area (Å²) in [6.07, 6.45) is 0. The van der Waals surface area contributed by atoms with E-state index in [0.29, 0.717) is 18.1 Å². The minimum absolute atomic E-state index is 0.189. The van der Waals surface area contributed by atoms with Crippen molar-refractivity contribution in [3.05, 3.63) is 35.4 Å². The minimum Gasteiger partial charge on any atom is -0.389 e. The molecule has 6 heteroatoms. The van der Waals surface area contributed by atoms with E-state index in [1.165, 1.54) is 0 Å². The molecule has 2 N–H and O–H groups in total. The first-order valence-corrected chi connectivity index (χ1v) is 8.34. The maximum atomic E-state index is 11.4. The molecule has 1 aromatic carbocycles. The van der Waals surface area contributed by atoms with Crippen LogP contribution in [0.3, 0.4) is 0 Å². The van der Waals surface area contributed by atoms with E-state index < -0.39 is 9.84 Å². The molecule has 0 aliphatic rings. The van der Waals surface area contributed by atoms with Crippen molar-refractivity contribution in [2.24, 2.45) is 5.73 Å². The Hall–Kier alpha value is -0.980. The van der Waals surface area contributed by atoms with Gasteiger partial charge in [0.1, 0.15) is 4.99 Å². The number of hydrogen-bond acceptors (Lipinski definition) is 4. The van der Waals surface area contributed by atoms with Crippen molar-refractivity contribution in [1.82, 2.24) is 4.90 Å². The van der Waals surface area contributed by atoms with Gasteiger partial charge >= 0.3 is 0 Å². The third-order valence-electron chi connectivity index (χ3n) is 2.89. The summed E-state index contributed by atoms with van der Waals surface area (Å²) in [5.41, 5.74) is 7.49. The summed E-state index contributed by atoms with van der Waals surface area (Å²) in [6, 6.07) is 7.69. The predicted octanol–water partition coefficient (Wildman–Crippen LogP) is 1.19. The Morgan fingerprint density at radius 3 is 2.68 bits per heavy atom. The zero-order chi connectivity index (χ0) is 14.5. The van der Waals surface area contributed by atoms with Crippen LogP contribution < -0.4 is 5.73 Å². The Labute approximate surface area is 120 Å². The molecule has 0 aliphatic carbocycles. The van der Waals surface area contributed by atoms with Gasteiger partial charge in [0, 0.05) is 24.4 Å². The molecule has 0 aliphatic heterocycles. The van der Waals surface area contributed by atoms with Gasteiger partial charge in [-0.2, -0.15) is 0 Å². The van der Waals surface area contributed by atoms with E-state index >= 15 is 0 Å². The van der Waals surface area contributed by atoms with Crippen LogP contribution in [0, 0.1) is 0 Å². The molecule has 4 nitrogen and oxygen atoms in total. The lowest BCUT2D eigenvalue weighted by atomic mass is 10.1. The van der Waals surface area contributed by atoms with E-state index in [0.717, 1.165) is 11.1 Å². The normalized spacial score (nSPS) is 11.7. The lowest BCUT2D eigenvalue weighted by Gasteiger charge is -2.16. The Morgan fingerprint density at radius 1 is 1.42 bits per heavy atom. The molecular formula is C13H20N2O2S2. The zero-order valence-corrected chi connectivity index (χ0v) is 12.9. The molecule has 0 amide bonds. The van der Waals surface area contributed by atoms with Crippen molar-refractivity contribution < 1.29 is 8.42 Å². The Bertz CT molecular complexity index is 541. The summed E-state index contributed by atoms with van der Waals surface area (Å²) in [6.45, 7) is 2.87. The van der Waals surface area contributed by atoms with Crippen LogP contribution in [-0.2, 0) is 16.4 Å². The van der Waals surface area contributed by atoms with Gasteiger partial charge in [0.25, 0.3) is 0 Å². The highest BCUT2D eigenvalue weighted by molar-refractivity contribution is 7.91. The SMILES string of the molecule is CCS(=O)(=O)CCN(C)Cc1cccc(C(N)=S)c1. The van der Waals surface area contributed by atoms with Gasteiger partial charge in [0.05, 0.1) is 5.75 Å². The molecule has 0 aromatic heterocycles. The van der Waals surface area contributed by atoms with Gasteiger partial charge in [-0.15, -0.1) is 0 Å². The summed E-state index contributed by atoms with van der Waals surface area (Å²) in [4.78, 5) is 2.35. The van der Waals surface area contributed by atoms with Crippen molar-refractivity contribution in [2.75, 3.05) is 25.1 Å². The lowest BCUT2D eigenvalue weighted by molar-refractivity contribution is 0.346. The largest absolute Gasteiger partial charge is 0.389 e. The van der Waals surface area contributed by atoms with E-state index in [2.05, 4.69) is 0 Å². The summed E-state index contributed by atoms with van der Waals surface area (Å²) >= 11 is 4.94. The number of rotatable bonds is 7. The van der Waals surface area contributed by atoms with E-state index in [4.69, 9.17) is 18.0 Å². The van der Waals surface area contributed by atoms with Crippen molar-refractivity contribution >= 4 is 27.0 Å². The molecule has 0 radical (unpaired) electrons. The molecule has 0 fully saturated rings. The van der Waals surface area contributed by atoms with Crippen molar-refractivity contribution in [1.29, 1.82) is 0 Å². The topological polar surface area (TPSA) is 63.4 Å². The highest BCUT2D eigenvalue weighted by Crippen LogP contribution is 2.08. The molecule has 0 saturated heterocycles. The van der Waals surface area contributed by atoms with Crippen molar-refractivity contribution in [3.8, 4) is 0 Å². The summed E-state index contributed by atoms with van der Waals surface area (Å²) in [5.74, 6) is 0.382. The first kappa shape index (κ1) is 16.1. The fraction of sp³-hybridized carbons (Fsp3) is 0.462. The number of thiocarbonyl (C=S) groups is 1. The molecule has 0 bridgehead atoms. The van der Waals surface area contributed by atoms with Crippen LogP contribution >= 0.6 is 12.2 Å². The monoisotopic (exact) mass is 300 g/mol. The molecule has 19 heavy (non-hydrogen) atoms.